The van der Waals surface area contributed by atoms with E-state index in [9.17, 15) is 4.79 Å². The number of pyridine rings is 1. The van der Waals surface area contributed by atoms with Crippen LogP contribution in [0.4, 0.5) is 4.79 Å². The van der Waals surface area contributed by atoms with E-state index in [1.54, 1.807) is 18.5 Å². The van der Waals surface area contributed by atoms with Gasteiger partial charge in [-0.15, -0.1) is 6.58 Å². The molecule has 80 valence electrons. The van der Waals surface area contributed by atoms with Gasteiger partial charge in [0.25, 0.3) is 0 Å². The van der Waals surface area contributed by atoms with Crippen LogP contribution in [-0.4, -0.2) is 11.1 Å². The van der Waals surface area contributed by atoms with Gasteiger partial charge < -0.3 is 10.5 Å². The number of nitrogens with zero attached hydrogens (tertiary/aromatic N) is 1. The summed E-state index contributed by atoms with van der Waals surface area (Å²) in [7, 11) is 0. The van der Waals surface area contributed by atoms with Crippen LogP contribution in [0.25, 0.3) is 0 Å². The third-order valence-electron chi connectivity index (χ3n) is 1.74. The Morgan fingerprint density at radius 2 is 2.47 bits per heavy atom. The second-order valence-electron chi connectivity index (χ2n) is 2.89. The van der Waals surface area contributed by atoms with Gasteiger partial charge in [0, 0.05) is 28.9 Å². The molecule has 2 N–H and O–H groups in total. The molecule has 4 nitrogen and oxygen atoms in total. The first kappa shape index (κ1) is 11.7. The van der Waals surface area contributed by atoms with E-state index in [2.05, 4.69) is 27.5 Å². The van der Waals surface area contributed by atoms with Crippen molar-refractivity contribution >= 4 is 22.0 Å². The number of ether oxygens (including phenoxy) is 1. The number of carbonyl (C=O) groups excluding carboxylic acids is 1. The van der Waals surface area contributed by atoms with Crippen molar-refractivity contribution in [2.45, 2.75) is 12.5 Å². The van der Waals surface area contributed by atoms with Crippen LogP contribution in [0, 0.1) is 0 Å². The first-order valence-corrected chi connectivity index (χ1v) is 5.10. The maximum atomic E-state index is 10.7. The Hall–Kier alpha value is -1.36. The van der Waals surface area contributed by atoms with Gasteiger partial charge in [0.05, 0.1) is 0 Å². The van der Waals surface area contributed by atoms with Crippen molar-refractivity contribution in [2.24, 2.45) is 5.73 Å². The average molecular weight is 271 g/mol. The van der Waals surface area contributed by atoms with Crippen LogP contribution in [-0.2, 0) is 4.74 Å². The van der Waals surface area contributed by atoms with Crippen LogP contribution >= 0.6 is 15.9 Å². The Labute approximate surface area is 96.3 Å². The highest BCUT2D eigenvalue weighted by Crippen LogP contribution is 2.23. The van der Waals surface area contributed by atoms with Gasteiger partial charge in [0.1, 0.15) is 6.10 Å². The van der Waals surface area contributed by atoms with Crippen LogP contribution in [0.3, 0.4) is 0 Å². The van der Waals surface area contributed by atoms with E-state index in [0.717, 1.165) is 10.0 Å². The number of carbonyl (C=O) groups is 1. The van der Waals surface area contributed by atoms with Crippen LogP contribution < -0.4 is 5.73 Å². The highest BCUT2D eigenvalue weighted by molar-refractivity contribution is 9.10. The van der Waals surface area contributed by atoms with Crippen LogP contribution in [0.5, 0.6) is 0 Å². The van der Waals surface area contributed by atoms with Crippen LogP contribution in [0.15, 0.2) is 35.6 Å². The highest BCUT2D eigenvalue weighted by atomic mass is 79.9. The van der Waals surface area contributed by atoms with Crippen molar-refractivity contribution in [2.75, 3.05) is 0 Å². The Bertz CT molecular complexity index is 368. The van der Waals surface area contributed by atoms with Crippen molar-refractivity contribution in [1.82, 2.24) is 4.98 Å². The van der Waals surface area contributed by atoms with Gasteiger partial charge in [-0.2, -0.15) is 0 Å². The minimum Gasteiger partial charge on any atom is -0.441 e. The summed E-state index contributed by atoms with van der Waals surface area (Å²) in [5.41, 5.74) is 5.75. The molecule has 0 spiro atoms. The molecule has 0 aliphatic heterocycles. The van der Waals surface area contributed by atoms with Gasteiger partial charge in [-0.05, 0) is 22.0 Å². The Kier molecular flexibility index (Phi) is 4.30. The first-order valence-electron chi connectivity index (χ1n) is 4.31. The molecule has 1 aromatic heterocycles. The fourth-order valence-electron chi connectivity index (χ4n) is 1.15. The molecule has 0 aliphatic rings. The molecule has 0 aromatic carbocycles. The molecular formula is C10H11BrN2O2. The second-order valence-corrected chi connectivity index (χ2v) is 3.80. The molecule has 1 atom stereocenters. The van der Waals surface area contributed by atoms with E-state index in [1.807, 2.05) is 6.07 Å². The standard InChI is InChI=1S/C10H11BrN2O2/c1-2-3-9(15-10(12)14)7-4-8(11)6-13-5-7/h2,4-6,9H,1,3H2,(H2,12,14). The summed E-state index contributed by atoms with van der Waals surface area (Å²) in [4.78, 5) is 14.7. The molecule has 1 rings (SSSR count). The summed E-state index contributed by atoms with van der Waals surface area (Å²) in [6, 6.07) is 1.82. The molecule has 1 aromatic rings. The fraction of sp³-hybridized carbons (Fsp3) is 0.200. The summed E-state index contributed by atoms with van der Waals surface area (Å²) in [6.45, 7) is 3.59. The van der Waals surface area contributed by atoms with E-state index in [-0.39, 0.29) is 0 Å². The molecule has 0 saturated heterocycles. The molecule has 0 fully saturated rings. The average Bonchev–Trinajstić information content (AvgIpc) is 2.16. The van der Waals surface area contributed by atoms with E-state index in [4.69, 9.17) is 10.5 Å². The fourth-order valence-corrected chi connectivity index (χ4v) is 1.53. The lowest BCUT2D eigenvalue weighted by Gasteiger charge is -2.14. The van der Waals surface area contributed by atoms with E-state index in [1.165, 1.54) is 0 Å². The lowest BCUT2D eigenvalue weighted by atomic mass is 10.1. The first-order chi connectivity index (χ1) is 7.13. The normalized spacial score (nSPS) is 11.8. The number of aromatic nitrogens is 1. The third-order valence-corrected chi connectivity index (χ3v) is 2.17. The summed E-state index contributed by atoms with van der Waals surface area (Å²) < 4.78 is 5.76. The second kappa shape index (κ2) is 5.50. The van der Waals surface area contributed by atoms with Crippen molar-refractivity contribution in [1.29, 1.82) is 0 Å². The van der Waals surface area contributed by atoms with E-state index < -0.39 is 12.2 Å². The zero-order valence-corrected chi connectivity index (χ0v) is 9.61. The van der Waals surface area contributed by atoms with Gasteiger partial charge in [-0.1, -0.05) is 6.08 Å². The van der Waals surface area contributed by atoms with E-state index in [0.29, 0.717) is 6.42 Å². The smallest absolute Gasteiger partial charge is 0.405 e. The molecule has 1 heterocycles. The number of amides is 1. The number of halogens is 1. The van der Waals surface area contributed by atoms with E-state index >= 15 is 0 Å². The summed E-state index contributed by atoms with van der Waals surface area (Å²) >= 11 is 3.29. The number of hydrogen-bond acceptors (Lipinski definition) is 3. The minimum absolute atomic E-state index is 0.426. The lowest BCUT2D eigenvalue weighted by Crippen LogP contribution is -2.17. The van der Waals surface area contributed by atoms with Crippen molar-refractivity contribution in [3.05, 3.63) is 41.2 Å². The van der Waals surface area contributed by atoms with Crippen LogP contribution in [0.2, 0.25) is 0 Å². The topological polar surface area (TPSA) is 65.2 Å². The Balaban J connectivity index is 2.87. The van der Waals surface area contributed by atoms with Gasteiger partial charge >= 0.3 is 6.09 Å². The highest BCUT2D eigenvalue weighted by Gasteiger charge is 2.14. The van der Waals surface area contributed by atoms with Crippen molar-refractivity contribution < 1.29 is 9.53 Å². The molecule has 1 unspecified atom stereocenters. The summed E-state index contributed by atoms with van der Waals surface area (Å²) in [5, 5.41) is 0. The Morgan fingerprint density at radius 1 is 1.73 bits per heavy atom. The monoisotopic (exact) mass is 270 g/mol. The van der Waals surface area contributed by atoms with Crippen molar-refractivity contribution in [3.63, 3.8) is 0 Å². The minimum atomic E-state index is -0.804. The molecular weight excluding hydrogens is 260 g/mol. The number of nitrogens with two attached hydrogens (primary N) is 1. The third kappa shape index (κ3) is 3.71. The summed E-state index contributed by atoms with van der Waals surface area (Å²) in [6.07, 6.45) is 4.21. The molecule has 0 bridgehead atoms. The van der Waals surface area contributed by atoms with Gasteiger partial charge in [0.15, 0.2) is 0 Å². The predicted octanol–water partition coefficient (Wildman–Crippen LogP) is 2.56. The van der Waals surface area contributed by atoms with Crippen molar-refractivity contribution in [3.8, 4) is 0 Å². The molecule has 0 aliphatic carbocycles. The van der Waals surface area contributed by atoms with Crippen LogP contribution in [0.1, 0.15) is 18.1 Å². The number of primary amides is 1. The molecule has 1 amide bonds. The quantitative estimate of drug-likeness (QED) is 0.856. The zero-order chi connectivity index (χ0) is 11.3. The SMILES string of the molecule is C=CCC(OC(N)=O)c1cncc(Br)c1. The van der Waals surface area contributed by atoms with Gasteiger partial charge in [-0.3, -0.25) is 4.98 Å². The predicted molar refractivity (Wildman–Crippen MR) is 60.2 cm³/mol. The molecule has 15 heavy (non-hydrogen) atoms. The molecule has 0 saturated carbocycles. The number of rotatable bonds is 4. The van der Waals surface area contributed by atoms with Gasteiger partial charge in [0.2, 0.25) is 0 Å². The maximum absolute atomic E-state index is 10.7. The summed E-state index contributed by atoms with van der Waals surface area (Å²) in [5.74, 6) is 0. The largest absolute Gasteiger partial charge is 0.441 e. The maximum Gasteiger partial charge on any atom is 0.405 e. The molecule has 0 radical (unpaired) electrons. The molecule has 5 heteroatoms. The Morgan fingerprint density at radius 3 is 3.00 bits per heavy atom. The van der Waals surface area contributed by atoms with Gasteiger partial charge in [-0.25, -0.2) is 4.79 Å². The lowest BCUT2D eigenvalue weighted by molar-refractivity contribution is 0.108. The zero-order valence-electron chi connectivity index (χ0n) is 8.02. The number of hydrogen-bond donors (Lipinski definition) is 1.